The number of aliphatic hydroxyl groups is 1. The summed E-state index contributed by atoms with van der Waals surface area (Å²) in [7, 11) is 1.85. The fraction of sp³-hybridized carbons (Fsp3) is 0.917. The second-order valence-corrected chi connectivity index (χ2v) is 4.72. The minimum absolute atomic E-state index is 0.132. The van der Waals surface area contributed by atoms with Crippen molar-refractivity contribution >= 4 is 5.91 Å². The van der Waals surface area contributed by atoms with Crippen LogP contribution in [0.25, 0.3) is 0 Å². The normalized spacial score (nSPS) is 19.4. The molecule has 16 heavy (non-hydrogen) atoms. The van der Waals surface area contributed by atoms with Crippen LogP contribution in [0.2, 0.25) is 0 Å². The maximum Gasteiger partial charge on any atom is 0.222 e. The van der Waals surface area contributed by atoms with Crippen LogP contribution in [0, 0.1) is 5.92 Å². The first-order chi connectivity index (χ1) is 7.59. The lowest BCUT2D eigenvalue weighted by atomic mass is 10.00. The molecule has 1 saturated heterocycles. The number of amides is 1. The molecular formula is C12H23NO3. The SMILES string of the molecule is CC(O)CCC(=O)N(C)CC1CCOCC1. The van der Waals surface area contributed by atoms with Crippen molar-refractivity contribution in [2.45, 2.75) is 38.7 Å². The Labute approximate surface area is 97.6 Å². The standard InChI is InChI=1S/C12H23NO3/c1-10(14)3-4-12(15)13(2)9-11-5-7-16-8-6-11/h10-11,14H,3-9H2,1-2H3. The molecule has 4 nitrogen and oxygen atoms in total. The Morgan fingerprint density at radius 1 is 1.50 bits per heavy atom. The number of carbonyl (C=O) groups is 1. The largest absolute Gasteiger partial charge is 0.393 e. The van der Waals surface area contributed by atoms with Crippen LogP contribution in [0.1, 0.15) is 32.6 Å². The Kier molecular flexibility index (Phi) is 5.77. The highest BCUT2D eigenvalue weighted by molar-refractivity contribution is 5.75. The van der Waals surface area contributed by atoms with Gasteiger partial charge in [0, 0.05) is 33.2 Å². The summed E-state index contributed by atoms with van der Waals surface area (Å²) in [5, 5.41) is 9.12. The number of ether oxygens (including phenoxy) is 1. The molecule has 0 radical (unpaired) electrons. The van der Waals surface area contributed by atoms with Crippen molar-refractivity contribution in [1.29, 1.82) is 0 Å². The molecule has 4 heteroatoms. The maximum atomic E-state index is 11.7. The van der Waals surface area contributed by atoms with Crippen molar-refractivity contribution < 1.29 is 14.6 Å². The molecule has 1 aliphatic rings. The van der Waals surface area contributed by atoms with E-state index in [1.54, 1.807) is 11.8 Å². The van der Waals surface area contributed by atoms with Crippen LogP contribution in [-0.2, 0) is 9.53 Å². The molecule has 0 aliphatic carbocycles. The summed E-state index contributed by atoms with van der Waals surface area (Å²) in [6.45, 7) is 4.18. The Morgan fingerprint density at radius 2 is 2.12 bits per heavy atom. The molecule has 1 N–H and O–H groups in total. The smallest absolute Gasteiger partial charge is 0.222 e. The van der Waals surface area contributed by atoms with Crippen molar-refractivity contribution in [2.75, 3.05) is 26.8 Å². The van der Waals surface area contributed by atoms with Crippen molar-refractivity contribution in [3.05, 3.63) is 0 Å². The van der Waals surface area contributed by atoms with Gasteiger partial charge < -0.3 is 14.7 Å². The highest BCUT2D eigenvalue weighted by Gasteiger charge is 2.18. The second kappa shape index (κ2) is 6.86. The maximum absolute atomic E-state index is 11.7. The van der Waals surface area contributed by atoms with Gasteiger partial charge in [-0.15, -0.1) is 0 Å². The van der Waals surface area contributed by atoms with Gasteiger partial charge in [-0.2, -0.15) is 0 Å². The van der Waals surface area contributed by atoms with Gasteiger partial charge in [0.1, 0.15) is 0 Å². The Bertz CT molecular complexity index is 212. The van der Waals surface area contributed by atoms with Gasteiger partial charge in [-0.3, -0.25) is 4.79 Å². The molecule has 1 atom stereocenters. The van der Waals surface area contributed by atoms with Crippen LogP contribution >= 0.6 is 0 Å². The lowest BCUT2D eigenvalue weighted by Crippen LogP contribution is -2.34. The highest BCUT2D eigenvalue weighted by atomic mass is 16.5. The average Bonchev–Trinajstić information content (AvgIpc) is 2.27. The Morgan fingerprint density at radius 3 is 2.69 bits per heavy atom. The van der Waals surface area contributed by atoms with E-state index in [4.69, 9.17) is 9.84 Å². The third-order valence-corrected chi connectivity index (χ3v) is 3.07. The molecule has 0 aromatic rings. The minimum Gasteiger partial charge on any atom is -0.393 e. The molecular weight excluding hydrogens is 206 g/mol. The number of nitrogens with zero attached hydrogens (tertiary/aromatic N) is 1. The van der Waals surface area contributed by atoms with Gasteiger partial charge in [-0.05, 0) is 32.1 Å². The average molecular weight is 229 g/mol. The van der Waals surface area contributed by atoms with E-state index in [1.165, 1.54) is 0 Å². The number of hydrogen-bond donors (Lipinski definition) is 1. The Balaban J connectivity index is 2.21. The molecule has 0 aromatic heterocycles. The predicted molar refractivity (Wildman–Crippen MR) is 62.1 cm³/mol. The molecule has 1 heterocycles. The van der Waals surface area contributed by atoms with Crippen molar-refractivity contribution in [2.24, 2.45) is 5.92 Å². The monoisotopic (exact) mass is 229 g/mol. The van der Waals surface area contributed by atoms with Crippen LogP contribution in [0.5, 0.6) is 0 Å². The molecule has 0 spiro atoms. The van der Waals surface area contributed by atoms with E-state index < -0.39 is 0 Å². The van der Waals surface area contributed by atoms with E-state index in [9.17, 15) is 4.79 Å². The third-order valence-electron chi connectivity index (χ3n) is 3.07. The molecule has 1 aliphatic heterocycles. The third kappa shape index (κ3) is 4.94. The summed E-state index contributed by atoms with van der Waals surface area (Å²) in [5.74, 6) is 0.710. The van der Waals surface area contributed by atoms with Gasteiger partial charge in [0.25, 0.3) is 0 Å². The van der Waals surface area contributed by atoms with E-state index in [-0.39, 0.29) is 12.0 Å². The predicted octanol–water partition coefficient (Wildman–Crippen LogP) is 1.03. The fourth-order valence-electron chi connectivity index (χ4n) is 1.94. The highest BCUT2D eigenvalue weighted by Crippen LogP contribution is 2.16. The summed E-state index contributed by atoms with van der Waals surface area (Å²) in [4.78, 5) is 13.5. The van der Waals surface area contributed by atoms with E-state index >= 15 is 0 Å². The van der Waals surface area contributed by atoms with Gasteiger partial charge in [0.15, 0.2) is 0 Å². The lowest BCUT2D eigenvalue weighted by Gasteiger charge is -2.27. The van der Waals surface area contributed by atoms with Crippen molar-refractivity contribution in [1.82, 2.24) is 4.90 Å². The molecule has 0 bridgehead atoms. The van der Waals surface area contributed by atoms with Crippen LogP contribution in [0.3, 0.4) is 0 Å². The zero-order valence-electron chi connectivity index (χ0n) is 10.3. The second-order valence-electron chi connectivity index (χ2n) is 4.72. The van der Waals surface area contributed by atoms with E-state index in [1.807, 2.05) is 7.05 Å². The first-order valence-corrected chi connectivity index (χ1v) is 6.09. The van der Waals surface area contributed by atoms with Gasteiger partial charge in [-0.1, -0.05) is 0 Å². The van der Waals surface area contributed by atoms with Crippen LogP contribution in [0.15, 0.2) is 0 Å². The summed E-state index contributed by atoms with van der Waals surface area (Å²) in [6.07, 6.45) is 2.71. The number of rotatable bonds is 5. The number of aliphatic hydroxyl groups excluding tert-OH is 1. The lowest BCUT2D eigenvalue weighted by molar-refractivity contribution is -0.131. The topological polar surface area (TPSA) is 49.8 Å². The summed E-state index contributed by atoms with van der Waals surface area (Å²) < 4.78 is 5.28. The zero-order chi connectivity index (χ0) is 12.0. The van der Waals surface area contributed by atoms with E-state index in [0.29, 0.717) is 18.8 Å². The molecule has 1 rings (SSSR count). The molecule has 1 fully saturated rings. The number of hydrogen-bond acceptors (Lipinski definition) is 3. The summed E-state index contributed by atoms with van der Waals surface area (Å²) in [6, 6.07) is 0. The van der Waals surface area contributed by atoms with E-state index in [0.717, 1.165) is 32.6 Å². The van der Waals surface area contributed by atoms with Gasteiger partial charge >= 0.3 is 0 Å². The minimum atomic E-state index is -0.388. The van der Waals surface area contributed by atoms with Gasteiger partial charge in [0.2, 0.25) is 5.91 Å². The molecule has 1 amide bonds. The van der Waals surface area contributed by atoms with Crippen molar-refractivity contribution in [3.8, 4) is 0 Å². The van der Waals surface area contributed by atoms with Crippen LogP contribution in [-0.4, -0.2) is 48.8 Å². The summed E-state index contributed by atoms with van der Waals surface area (Å²) >= 11 is 0. The van der Waals surface area contributed by atoms with E-state index in [2.05, 4.69) is 0 Å². The first kappa shape index (κ1) is 13.5. The van der Waals surface area contributed by atoms with Gasteiger partial charge in [0.05, 0.1) is 6.10 Å². The first-order valence-electron chi connectivity index (χ1n) is 6.09. The molecule has 0 saturated carbocycles. The molecule has 1 unspecified atom stereocenters. The number of carbonyl (C=O) groups excluding carboxylic acids is 1. The van der Waals surface area contributed by atoms with Crippen LogP contribution in [0.4, 0.5) is 0 Å². The van der Waals surface area contributed by atoms with Gasteiger partial charge in [-0.25, -0.2) is 0 Å². The van der Waals surface area contributed by atoms with Crippen molar-refractivity contribution in [3.63, 3.8) is 0 Å². The Hall–Kier alpha value is -0.610. The summed E-state index contributed by atoms with van der Waals surface area (Å²) in [5.41, 5.74) is 0. The fourth-order valence-corrected chi connectivity index (χ4v) is 1.94. The quantitative estimate of drug-likeness (QED) is 0.766. The zero-order valence-corrected chi connectivity index (χ0v) is 10.3. The molecule has 0 aromatic carbocycles. The molecule has 94 valence electrons. The van der Waals surface area contributed by atoms with Crippen LogP contribution < -0.4 is 0 Å².